The SMILES string of the molecule is CCCCCc1cc(C)nn2c(-c3nc4ccc(COC)cc4[nH]3)c(C)nc12. The van der Waals surface area contributed by atoms with Gasteiger partial charge >= 0.3 is 0 Å². The van der Waals surface area contributed by atoms with Crippen molar-refractivity contribution in [2.45, 2.75) is 53.1 Å². The minimum Gasteiger partial charge on any atom is -0.380 e. The third-order valence-corrected chi connectivity index (χ3v) is 5.09. The molecule has 0 aliphatic rings. The fourth-order valence-corrected chi connectivity index (χ4v) is 3.77. The maximum absolute atomic E-state index is 5.24. The summed E-state index contributed by atoms with van der Waals surface area (Å²) < 4.78 is 7.20. The number of ether oxygens (including phenoxy) is 1. The van der Waals surface area contributed by atoms with Crippen LogP contribution < -0.4 is 0 Å². The van der Waals surface area contributed by atoms with Crippen LogP contribution in [-0.4, -0.2) is 31.7 Å². The van der Waals surface area contributed by atoms with Crippen LogP contribution in [0, 0.1) is 13.8 Å². The lowest BCUT2D eigenvalue weighted by atomic mass is 10.1. The van der Waals surface area contributed by atoms with E-state index in [1.54, 1.807) is 7.11 Å². The number of hydrogen-bond acceptors (Lipinski definition) is 4. The first-order valence-corrected chi connectivity index (χ1v) is 9.94. The molecule has 1 N–H and O–H groups in total. The molecule has 0 spiro atoms. The molecule has 28 heavy (non-hydrogen) atoms. The van der Waals surface area contributed by atoms with Gasteiger partial charge in [-0.2, -0.15) is 5.10 Å². The molecule has 3 heterocycles. The van der Waals surface area contributed by atoms with Gasteiger partial charge in [-0.15, -0.1) is 0 Å². The zero-order valence-electron chi connectivity index (χ0n) is 17.0. The van der Waals surface area contributed by atoms with E-state index in [-0.39, 0.29) is 0 Å². The van der Waals surface area contributed by atoms with Crippen molar-refractivity contribution >= 4 is 16.7 Å². The number of H-pyrrole nitrogens is 1. The van der Waals surface area contributed by atoms with Crippen LogP contribution in [0.2, 0.25) is 0 Å². The van der Waals surface area contributed by atoms with Crippen molar-refractivity contribution < 1.29 is 4.74 Å². The van der Waals surface area contributed by atoms with Crippen LogP contribution in [0.15, 0.2) is 24.3 Å². The van der Waals surface area contributed by atoms with E-state index in [2.05, 4.69) is 24.0 Å². The lowest BCUT2D eigenvalue weighted by Gasteiger charge is -2.06. The van der Waals surface area contributed by atoms with E-state index in [4.69, 9.17) is 19.8 Å². The number of methoxy groups -OCH3 is 1. The zero-order valence-corrected chi connectivity index (χ0v) is 17.0. The van der Waals surface area contributed by atoms with E-state index in [9.17, 15) is 0 Å². The number of hydrogen-bond donors (Lipinski definition) is 1. The molecule has 0 fully saturated rings. The summed E-state index contributed by atoms with van der Waals surface area (Å²) in [5, 5.41) is 4.75. The largest absolute Gasteiger partial charge is 0.380 e. The molecule has 0 saturated carbocycles. The van der Waals surface area contributed by atoms with Gasteiger partial charge in [-0.1, -0.05) is 25.8 Å². The molecule has 0 radical (unpaired) electrons. The third-order valence-electron chi connectivity index (χ3n) is 5.09. The number of nitrogens with one attached hydrogen (secondary N) is 1. The quantitative estimate of drug-likeness (QED) is 0.471. The second-order valence-corrected chi connectivity index (χ2v) is 7.42. The molecule has 0 unspecified atom stereocenters. The first-order valence-electron chi connectivity index (χ1n) is 9.94. The number of imidazole rings is 2. The fraction of sp³-hybridized carbons (Fsp3) is 0.409. The van der Waals surface area contributed by atoms with E-state index in [1.807, 2.05) is 30.5 Å². The van der Waals surface area contributed by atoms with Gasteiger partial charge in [-0.25, -0.2) is 14.5 Å². The first-order chi connectivity index (χ1) is 13.6. The molecular formula is C22H27N5O. The van der Waals surface area contributed by atoms with Gasteiger partial charge in [-0.3, -0.25) is 0 Å². The summed E-state index contributed by atoms with van der Waals surface area (Å²) in [5.74, 6) is 0.798. The highest BCUT2D eigenvalue weighted by Gasteiger charge is 2.18. The number of fused-ring (bicyclic) bond motifs is 2. The van der Waals surface area contributed by atoms with Gasteiger partial charge in [0.15, 0.2) is 11.5 Å². The summed E-state index contributed by atoms with van der Waals surface area (Å²) in [4.78, 5) is 13.1. The van der Waals surface area contributed by atoms with Gasteiger partial charge in [0, 0.05) is 7.11 Å². The highest BCUT2D eigenvalue weighted by Crippen LogP contribution is 2.27. The minimum atomic E-state index is 0.584. The molecule has 0 atom stereocenters. The molecule has 0 saturated heterocycles. The topological polar surface area (TPSA) is 68.1 Å². The number of rotatable bonds is 7. The summed E-state index contributed by atoms with van der Waals surface area (Å²) in [5.41, 5.74) is 8.10. The van der Waals surface area contributed by atoms with Crippen LogP contribution >= 0.6 is 0 Å². The van der Waals surface area contributed by atoms with E-state index >= 15 is 0 Å². The van der Waals surface area contributed by atoms with Crippen molar-refractivity contribution in [3.05, 3.63) is 46.8 Å². The lowest BCUT2D eigenvalue weighted by Crippen LogP contribution is -2.02. The van der Waals surface area contributed by atoms with Crippen LogP contribution in [0.5, 0.6) is 0 Å². The smallest absolute Gasteiger partial charge is 0.159 e. The predicted octanol–water partition coefficient (Wildman–Crippen LogP) is 4.77. The van der Waals surface area contributed by atoms with E-state index < -0.39 is 0 Å². The molecular weight excluding hydrogens is 350 g/mol. The van der Waals surface area contributed by atoms with Gasteiger partial charge < -0.3 is 9.72 Å². The van der Waals surface area contributed by atoms with Crippen LogP contribution in [-0.2, 0) is 17.8 Å². The molecule has 3 aromatic heterocycles. The Morgan fingerprint density at radius 3 is 2.75 bits per heavy atom. The van der Waals surface area contributed by atoms with Gasteiger partial charge in [0.2, 0.25) is 0 Å². The summed E-state index contributed by atoms with van der Waals surface area (Å²) in [6.07, 6.45) is 4.64. The van der Waals surface area contributed by atoms with E-state index in [0.717, 1.165) is 51.6 Å². The number of aryl methyl sites for hydroxylation is 3. The van der Waals surface area contributed by atoms with Crippen LogP contribution in [0.25, 0.3) is 28.2 Å². The Kier molecular flexibility index (Phi) is 5.13. The zero-order chi connectivity index (χ0) is 19.7. The number of benzene rings is 1. The summed E-state index contributed by atoms with van der Waals surface area (Å²) in [6.45, 7) is 6.88. The summed E-state index contributed by atoms with van der Waals surface area (Å²) in [6, 6.07) is 8.32. The summed E-state index contributed by atoms with van der Waals surface area (Å²) in [7, 11) is 1.70. The molecule has 1 aromatic carbocycles. The highest BCUT2D eigenvalue weighted by atomic mass is 16.5. The van der Waals surface area contributed by atoms with Gasteiger partial charge in [0.25, 0.3) is 0 Å². The maximum Gasteiger partial charge on any atom is 0.159 e. The molecule has 4 rings (SSSR count). The van der Waals surface area contributed by atoms with Crippen LogP contribution in [0.1, 0.15) is 48.7 Å². The predicted molar refractivity (Wildman–Crippen MR) is 111 cm³/mol. The van der Waals surface area contributed by atoms with Gasteiger partial charge in [0.1, 0.15) is 5.69 Å². The normalized spacial score (nSPS) is 11.7. The number of aromatic amines is 1. The Labute approximate surface area is 165 Å². The fourth-order valence-electron chi connectivity index (χ4n) is 3.77. The average Bonchev–Trinajstić information content (AvgIpc) is 3.21. The Bertz CT molecular complexity index is 1130. The Morgan fingerprint density at radius 1 is 1.11 bits per heavy atom. The Hall–Kier alpha value is -2.73. The maximum atomic E-state index is 5.24. The molecule has 0 amide bonds. The molecule has 146 valence electrons. The summed E-state index contributed by atoms with van der Waals surface area (Å²) >= 11 is 0. The molecule has 6 heteroatoms. The van der Waals surface area contributed by atoms with Crippen molar-refractivity contribution in [1.29, 1.82) is 0 Å². The Balaban J connectivity index is 1.82. The van der Waals surface area contributed by atoms with Crippen molar-refractivity contribution in [3.8, 4) is 11.5 Å². The minimum absolute atomic E-state index is 0.584. The number of aromatic nitrogens is 5. The van der Waals surface area contributed by atoms with Crippen LogP contribution in [0.3, 0.4) is 0 Å². The monoisotopic (exact) mass is 377 g/mol. The van der Waals surface area contributed by atoms with Crippen molar-refractivity contribution in [1.82, 2.24) is 24.6 Å². The number of unbranched alkanes of at least 4 members (excludes halogenated alkanes) is 2. The average molecular weight is 377 g/mol. The molecule has 0 aliphatic carbocycles. The first kappa shape index (κ1) is 18.6. The second-order valence-electron chi connectivity index (χ2n) is 7.42. The van der Waals surface area contributed by atoms with Gasteiger partial charge in [0.05, 0.1) is 29.0 Å². The Morgan fingerprint density at radius 2 is 1.96 bits per heavy atom. The van der Waals surface area contributed by atoms with Crippen molar-refractivity contribution in [2.75, 3.05) is 7.11 Å². The molecule has 6 nitrogen and oxygen atoms in total. The highest BCUT2D eigenvalue weighted by molar-refractivity contribution is 5.80. The molecule has 4 aromatic rings. The lowest BCUT2D eigenvalue weighted by molar-refractivity contribution is 0.185. The number of nitrogens with zero attached hydrogens (tertiary/aromatic N) is 4. The third kappa shape index (κ3) is 3.40. The van der Waals surface area contributed by atoms with Gasteiger partial charge in [-0.05, 0) is 56.0 Å². The van der Waals surface area contributed by atoms with Crippen LogP contribution in [0.4, 0.5) is 0 Å². The van der Waals surface area contributed by atoms with Crippen molar-refractivity contribution in [2.24, 2.45) is 0 Å². The van der Waals surface area contributed by atoms with E-state index in [1.165, 1.54) is 24.8 Å². The van der Waals surface area contributed by atoms with E-state index in [0.29, 0.717) is 6.61 Å². The standard InChI is InChI=1S/C22H27N5O/c1-5-6-7-8-17-11-14(2)26-27-20(15(3)23-22(17)27)21-24-18-10-9-16(13-28-4)12-19(18)25-21/h9-12H,5-8,13H2,1-4H3,(H,24,25). The molecule has 0 aliphatic heterocycles. The van der Waals surface area contributed by atoms with Crippen molar-refractivity contribution in [3.63, 3.8) is 0 Å². The molecule has 0 bridgehead atoms. The second kappa shape index (κ2) is 7.72.